The number of likely N-dealkylation sites (N-methyl/N-ethyl adjacent to an activating group) is 1. The van der Waals surface area contributed by atoms with Gasteiger partial charge in [0.15, 0.2) is 5.75 Å². The molecule has 216 valence electrons. The van der Waals surface area contributed by atoms with Crippen molar-refractivity contribution in [2.75, 3.05) is 18.9 Å². The molecule has 41 heavy (non-hydrogen) atoms. The molecular formula is C32H36N2O6S. The number of nitrogens with one attached hydrogen (secondary N) is 1. The fourth-order valence-corrected chi connectivity index (χ4v) is 5.95. The molecule has 1 aromatic heterocycles. The number of aryl methyl sites for hydroxylation is 1. The number of rotatable bonds is 11. The third-order valence-electron chi connectivity index (χ3n) is 7.31. The van der Waals surface area contributed by atoms with Crippen molar-refractivity contribution in [3.8, 4) is 11.5 Å². The topological polar surface area (TPSA) is 98.1 Å². The number of furan rings is 1. The maximum absolute atomic E-state index is 13.4. The van der Waals surface area contributed by atoms with Crippen LogP contribution in [0.25, 0.3) is 11.0 Å². The minimum Gasteiger partial charge on any atom is -0.461 e. The summed E-state index contributed by atoms with van der Waals surface area (Å²) in [6.07, 6.45) is 3.75. The van der Waals surface area contributed by atoms with Crippen molar-refractivity contribution in [3.63, 3.8) is 0 Å². The highest BCUT2D eigenvalue weighted by molar-refractivity contribution is 7.82. The second kappa shape index (κ2) is 12.0. The van der Waals surface area contributed by atoms with Gasteiger partial charge in [0.2, 0.25) is 5.75 Å². The van der Waals surface area contributed by atoms with Gasteiger partial charge in [-0.25, -0.2) is 0 Å². The monoisotopic (exact) mass is 576 g/mol. The number of unbranched alkanes of at least 4 members (excludes halogenated alkanes) is 1. The molecule has 8 nitrogen and oxygen atoms in total. The Morgan fingerprint density at radius 2 is 1.73 bits per heavy atom. The molecule has 1 N–H and O–H groups in total. The summed E-state index contributed by atoms with van der Waals surface area (Å²) in [6, 6.07) is 19.2. The van der Waals surface area contributed by atoms with Crippen LogP contribution in [0.4, 0.5) is 5.69 Å². The summed E-state index contributed by atoms with van der Waals surface area (Å²) in [6.45, 7) is 7.68. The van der Waals surface area contributed by atoms with Gasteiger partial charge in [0, 0.05) is 41.7 Å². The van der Waals surface area contributed by atoms with Gasteiger partial charge in [0.1, 0.15) is 11.3 Å². The van der Waals surface area contributed by atoms with Crippen LogP contribution >= 0.6 is 0 Å². The van der Waals surface area contributed by atoms with Crippen LogP contribution < -0.4 is 13.7 Å². The van der Waals surface area contributed by atoms with Crippen LogP contribution in [0.5, 0.6) is 11.5 Å². The van der Waals surface area contributed by atoms with Crippen molar-refractivity contribution >= 4 is 33.0 Å². The second-order valence-electron chi connectivity index (χ2n) is 10.8. The number of nitrogens with zero attached hydrogens (tertiary/aromatic N) is 1. The molecule has 3 aromatic carbocycles. The van der Waals surface area contributed by atoms with Crippen molar-refractivity contribution in [3.05, 3.63) is 88.7 Å². The van der Waals surface area contributed by atoms with Gasteiger partial charge in [-0.15, -0.1) is 8.42 Å². The zero-order chi connectivity index (χ0) is 29.1. The lowest BCUT2D eigenvalue weighted by molar-refractivity contribution is 0.102. The van der Waals surface area contributed by atoms with E-state index in [9.17, 15) is 13.2 Å². The molecule has 0 saturated carbocycles. The SMILES string of the molecule is CCCCc1oc2ccc(NC(=O)c3ccc(C(C)C)c4c3OS(=O)(=O)O4)cc2c1CCN(C)Cc1ccccc1. The first-order valence-electron chi connectivity index (χ1n) is 14.0. The van der Waals surface area contributed by atoms with E-state index in [-0.39, 0.29) is 23.0 Å². The smallest absolute Gasteiger partial charge is 0.461 e. The Balaban J connectivity index is 1.40. The van der Waals surface area contributed by atoms with Gasteiger partial charge in [0.25, 0.3) is 5.91 Å². The zero-order valence-electron chi connectivity index (χ0n) is 23.9. The molecule has 9 heteroatoms. The first-order valence-corrected chi connectivity index (χ1v) is 15.4. The number of carbonyl (C=O) groups is 1. The second-order valence-corrected chi connectivity index (χ2v) is 12.0. The molecule has 0 atom stereocenters. The molecule has 0 bridgehead atoms. The molecule has 2 heterocycles. The van der Waals surface area contributed by atoms with Gasteiger partial charge in [-0.1, -0.05) is 63.6 Å². The average Bonchev–Trinajstić information content (AvgIpc) is 3.45. The highest BCUT2D eigenvalue weighted by Gasteiger charge is 2.36. The molecule has 0 unspecified atom stereocenters. The molecule has 0 spiro atoms. The highest BCUT2D eigenvalue weighted by atomic mass is 32.3. The van der Waals surface area contributed by atoms with Gasteiger partial charge in [0.05, 0.1) is 5.56 Å². The molecule has 4 aromatic rings. The van der Waals surface area contributed by atoms with Crippen molar-refractivity contribution in [1.82, 2.24) is 4.90 Å². The lowest BCUT2D eigenvalue weighted by Gasteiger charge is -2.17. The van der Waals surface area contributed by atoms with E-state index in [4.69, 9.17) is 12.8 Å². The van der Waals surface area contributed by atoms with E-state index in [2.05, 4.69) is 48.5 Å². The highest BCUT2D eigenvalue weighted by Crippen LogP contribution is 2.44. The molecule has 1 aliphatic rings. The lowest BCUT2D eigenvalue weighted by Crippen LogP contribution is -2.21. The van der Waals surface area contributed by atoms with E-state index in [0.29, 0.717) is 11.3 Å². The van der Waals surface area contributed by atoms with Gasteiger partial charge >= 0.3 is 10.4 Å². The quantitative estimate of drug-likeness (QED) is 0.209. The maximum atomic E-state index is 13.4. The predicted octanol–water partition coefficient (Wildman–Crippen LogP) is 6.84. The lowest BCUT2D eigenvalue weighted by atomic mass is 9.99. The standard InChI is InChI=1S/C32H36N2O6S/c1-5-6-12-28-25(17-18-34(4)20-22-10-8-7-9-11-22)27-19-23(13-16-29(27)38-28)33-32(35)26-15-14-24(21(2)3)30-31(26)40-41(36,37)39-30/h7-11,13-16,19,21H,5-6,12,17-18,20H2,1-4H3,(H,33,35). The molecule has 1 aliphatic heterocycles. The van der Waals surface area contributed by atoms with E-state index in [1.54, 1.807) is 18.2 Å². The number of amides is 1. The van der Waals surface area contributed by atoms with Crippen LogP contribution in [-0.4, -0.2) is 32.8 Å². The summed E-state index contributed by atoms with van der Waals surface area (Å²) < 4.78 is 40.6. The third-order valence-corrected chi connectivity index (χ3v) is 8.05. The Labute approximate surface area is 241 Å². The summed E-state index contributed by atoms with van der Waals surface area (Å²) in [5.74, 6) is 0.461. The Morgan fingerprint density at radius 3 is 2.46 bits per heavy atom. The normalized spacial score (nSPS) is 13.8. The Hall–Kier alpha value is -3.82. The van der Waals surface area contributed by atoms with Crippen LogP contribution in [0.15, 0.2) is 65.1 Å². The molecule has 5 rings (SSSR count). The summed E-state index contributed by atoms with van der Waals surface area (Å²) in [5, 5.41) is 3.87. The summed E-state index contributed by atoms with van der Waals surface area (Å²) >= 11 is 0. The molecule has 1 amide bonds. The van der Waals surface area contributed by atoms with Crippen LogP contribution in [0.2, 0.25) is 0 Å². The van der Waals surface area contributed by atoms with Crippen LogP contribution in [0.1, 0.15) is 72.3 Å². The zero-order valence-corrected chi connectivity index (χ0v) is 24.7. The molecule has 0 saturated heterocycles. The Kier molecular flexibility index (Phi) is 8.37. The number of benzene rings is 3. The van der Waals surface area contributed by atoms with E-state index in [1.165, 1.54) is 5.56 Å². The number of anilines is 1. The maximum Gasteiger partial charge on any atom is 0.501 e. The predicted molar refractivity (Wildman–Crippen MR) is 160 cm³/mol. The number of hydrogen-bond acceptors (Lipinski definition) is 7. The van der Waals surface area contributed by atoms with Gasteiger partial charge in [-0.3, -0.25) is 4.79 Å². The number of fused-ring (bicyclic) bond motifs is 2. The van der Waals surface area contributed by atoms with Crippen molar-refractivity contribution in [1.29, 1.82) is 0 Å². The summed E-state index contributed by atoms with van der Waals surface area (Å²) in [4.78, 5) is 15.6. The first-order chi connectivity index (χ1) is 19.6. The number of carbonyl (C=O) groups excluding carboxylic acids is 1. The van der Waals surface area contributed by atoms with E-state index in [1.807, 2.05) is 32.0 Å². The van der Waals surface area contributed by atoms with Gasteiger partial charge < -0.3 is 23.0 Å². The third kappa shape index (κ3) is 6.41. The number of hydrogen-bond donors (Lipinski definition) is 1. The van der Waals surface area contributed by atoms with Crippen molar-refractivity contribution < 1.29 is 26.0 Å². The van der Waals surface area contributed by atoms with E-state index < -0.39 is 16.3 Å². The Bertz CT molecular complexity index is 1660. The Morgan fingerprint density at radius 1 is 0.976 bits per heavy atom. The van der Waals surface area contributed by atoms with Gasteiger partial charge in [-0.2, -0.15) is 0 Å². The van der Waals surface area contributed by atoms with Crippen LogP contribution in [0, 0.1) is 0 Å². The molecule has 0 fully saturated rings. The summed E-state index contributed by atoms with van der Waals surface area (Å²) in [7, 11) is -2.15. The van der Waals surface area contributed by atoms with E-state index >= 15 is 0 Å². The average molecular weight is 577 g/mol. The van der Waals surface area contributed by atoms with Crippen molar-refractivity contribution in [2.45, 2.75) is 58.9 Å². The van der Waals surface area contributed by atoms with Crippen LogP contribution in [0.3, 0.4) is 0 Å². The van der Waals surface area contributed by atoms with Gasteiger partial charge in [-0.05, 0) is 55.6 Å². The van der Waals surface area contributed by atoms with Crippen LogP contribution in [-0.2, 0) is 29.8 Å². The largest absolute Gasteiger partial charge is 0.501 e. The molecule has 0 radical (unpaired) electrons. The fraction of sp³-hybridized carbons (Fsp3) is 0.344. The van der Waals surface area contributed by atoms with Crippen molar-refractivity contribution in [2.24, 2.45) is 0 Å². The fourth-order valence-electron chi connectivity index (χ4n) is 5.17. The van der Waals surface area contributed by atoms with E-state index in [0.717, 1.165) is 61.1 Å². The summed E-state index contributed by atoms with van der Waals surface area (Å²) in [5.41, 5.74) is 4.50. The molecule has 0 aliphatic carbocycles. The minimum atomic E-state index is -4.26. The molecular weight excluding hydrogens is 540 g/mol. The first kappa shape index (κ1) is 28.7. The minimum absolute atomic E-state index is 0.0201.